The van der Waals surface area contributed by atoms with Crippen LogP contribution in [0.3, 0.4) is 0 Å². The third-order valence-electron chi connectivity index (χ3n) is 3.88. The van der Waals surface area contributed by atoms with Gasteiger partial charge in [0, 0.05) is 16.2 Å². The lowest BCUT2D eigenvalue weighted by Gasteiger charge is -2.18. The number of rotatable bonds is 5. The Balaban J connectivity index is 2.13. The van der Waals surface area contributed by atoms with E-state index < -0.39 is 0 Å². The average Bonchev–Trinajstić information content (AvgIpc) is 3.04. The van der Waals surface area contributed by atoms with E-state index in [9.17, 15) is 5.11 Å². The summed E-state index contributed by atoms with van der Waals surface area (Å²) in [5, 5.41) is 17.5. The van der Waals surface area contributed by atoms with E-state index in [1.807, 2.05) is 31.3 Å². The first-order chi connectivity index (χ1) is 10.3. The minimum Gasteiger partial charge on any atom is -0.507 e. The van der Waals surface area contributed by atoms with Crippen LogP contribution in [0.25, 0.3) is 10.8 Å². The number of phenolic OH excluding ortho intramolecular Hbond substituents is 1. The van der Waals surface area contributed by atoms with Gasteiger partial charge < -0.3 is 10.4 Å². The fraction of sp³-hybridized carbons (Fsp3) is 0.222. The highest BCUT2D eigenvalue weighted by molar-refractivity contribution is 7.10. The Kier molecular flexibility index (Phi) is 4.23. The summed E-state index contributed by atoms with van der Waals surface area (Å²) in [5.41, 5.74) is 1.29. The molecule has 0 aliphatic heterocycles. The lowest BCUT2D eigenvalue weighted by Crippen LogP contribution is -2.12. The highest BCUT2D eigenvalue weighted by Gasteiger charge is 2.18. The zero-order valence-electron chi connectivity index (χ0n) is 12.0. The number of thiophene rings is 1. The first-order valence-electron chi connectivity index (χ1n) is 7.20. The largest absolute Gasteiger partial charge is 0.507 e. The minimum atomic E-state index is 0.355. The molecule has 0 saturated heterocycles. The third kappa shape index (κ3) is 2.80. The monoisotopic (exact) mass is 297 g/mol. The van der Waals surface area contributed by atoms with E-state index in [4.69, 9.17) is 0 Å². The fourth-order valence-electron chi connectivity index (χ4n) is 2.84. The van der Waals surface area contributed by atoms with Gasteiger partial charge in [-0.3, -0.25) is 0 Å². The Hall–Kier alpha value is -1.84. The van der Waals surface area contributed by atoms with Gasteiger partial charge in [-0.15, -0.1) is 11.3 Å². The summed E-state index contributed by atoms with van der Waals surface area (Å²) in [6, 6.07) is 16.3. The Labute approximate surface area is 129 Å². The predicted octanol–water partition coefficient (Wildman–Crippen LogP) is 4.35. The van der Waals surface area contributed by atoms with Gasteiger partial charge in [-0.25, -0.2) is 0 Å². The van der Waals surface area contributed by atoms with Crippen LogP contribution in [0.2, 0.25) is 0 Å². The van der Waals surface area contributed by atoms with Gasteiger partial charge in [-0.1, -0.05) is 36.4 Å². The number of benzene rings is 2. The van der Waals surface area contributed by atoms with Gasteiger partial charge in [0.05, 0.1) is 0 Å². The van der Waals surface area contributed by atoms with Crippen LogP contribution in [-0.2, 0) is 0 Å². The molecule has 0 amide bonds. The van der Waals surface area contributed by atoms with Crippen LogP contribution in [0.15, 0.2) is 53.9 Å². The Morgan fingerprint density at radius 2 is 1.86 bits per heavy atom. The maximum absolute atomic E-state index is 10.1. The minimum absolute atomic E-state index is 0.355. The smallest absolute Gasteiger partial charge is 0.123 e. The molecule has 0 bridgehead atoms. The molecule has 0 aliphatic carbocycles. The summed E-state index contributed by atoms with van der Waals surface area (Å²) in [6.45, 7) is 0.970. The van der Waals surface area contributed by atoms with Crippen molar-refractivity contribution in [3.8, 4) is 5.75 Å². The van der Waals surface area contributed by atoms with Gasteiger partial charge in [-0.2, -0.15) is 0 Å². The van der Waals surface area contributed by atoms with Crippen molar-refractivity contribution < 1.29 is 5.11 Å². The number of hydrogen-bond acceptors (Lipinski definition) is 3. The molecule has 0 unspecified atom stereocenters. The summed E-state index contributed by atoms with van der Waals surface area (Å²) in [6.07, 6.45) is 1.05. The van der Waals surface area contributed by atoms with Gasteiger partial charge in [0.2, 0.25) is 0 Å². The Morgan fingerprint density at radius 3 is 2.57 bits per heavy atom. The first kappa shape index (κ1) is 14.1. The first-order valence-corrected chi connectivity index (χ1v) is 8.08. The standard InChI is InChI=1S/C18H19NOS/c1-19-11-10-16(18-7-4-12-21-18)14-8-9-17(20)15-6-3-2-5-13(14)15/h2-9,12,16,19-20H,10-11H2,1H3/t16-/m1/s1. The fourth-order valence-corrected chi connectivity index (χ4v) is 3.72. The molecule has 0 fully saturated rings. The van der Waals surface area contributed by atoms with Crippen LogP contribution >= 0.6 is 11.3 Å². The van der Waals surface area contributed by atoms with Crippen molar-refractivity contribution in [1.82, 2.24) is 5.32 Å². The molecule has 0 radical (unpaired) electrons. The van der Waals surface area contributed by atoms with Crippen molar-refractivity contribution in [3.63, 3.8) is 0 Å². The molecule has 2 aromatic carbocycles. The number of nitrogens with one attached hydrogen (secondary N) is 1. The second kappa shape index (κ2) is 6.29. The number of aromatic hydroxyl groups is 1. The molecule has 3 heteroatoms. The topological polar surface area (TPSA) is 32.3 Å². The van der Waals surface area contributed by atoms with E-state index in [-0.39, 0.29) is 0 Å². The van der Waals surface area contributed by atoms with E-state index in [1.165, 1.54) is 10.4 Å². The molecule has 0 saturated carbocycles. The van der Waals surface area contributed by atoms with E-state index in [0.29, 0.717) is 11.7 Å². The van der Waals surface area contributed by atoms with E-state index in [0.717, 1.165) is 23.7 Å². The van der Waals surface area contributed by atoms with Crippen LogP contribution in [0.5, 0.6) is 5.75 Å². The van der Waals surface area contributed by atoms with Crippen molar-refractivity contribution in [2.75, 3.05) is 13.6 Å². The molecule has 3 aromatic rings. The normalized spacial score (nSPS) is 12.6. The van der Waals surface area contributed by atoms with Crippen LogP contribution in [0.1, 0.15) is 22.8 Å². The third-order valence-corrected chi connectivity index (χ3v) is 4.87. The SMILES string of the molecule is CNCC[C@@H](c1cccs1)c1ccc(O)c2ccccc12. The van der Waals surface area contributed by atoms with E-state index in [2.05, 4.69) is 35.0 Å². The van der Waals surface area contributed by atoms with Crippen molar-refractivity contribution in [2.45, 2.75) is 12.3 Å². The molecule has 1 atom stereocenters. The van der Waals surface area contributed by atoms with Crippen molar-refractivity contribution in [1.29, 1.82) is 0 Å². The zero-order valence-corrected chi connectivity index (χ0v) is 12.9. The van der Waals surface area contributed by atoms with Gasteiger partial charge in [0.15, 0.2) is 0 Å². The Bertz CT molecular complexity index is 721. The summed E-state index contributed by atoms with van der Waals surface area (Å²) in [7, 11) is 1.99. The van der Waals surface area contributed by atoms with Crippen LogP contribution in [0, 0.1) is 0 Å². The summed E-state index contributed by atoms with van der Waals surface area (Å²) < 4.78 is 0. The summed E-state index contributed by atoms with van der Waals surface area (Å²) in [5.74, 6) is 0.718. The van der Waals surface area contributed by atoms with Gasteiger partial charge >= 0.3 is 0 Å². The molecular weight excluding hydrogens is 278 g/mol. The average molecular weight is 297 g/mol. The summed E-state index contributed by atoms with van der Waals surface area (Å²) in [4.78, 5) is 1.38. The second-order valence-corrected chi connectivity index (χ2v) is 6.16. The molecular formula is C18H19NOS. The van der Waals surface area contributed by atoms with Gasteiger partial charge in [0.1, 0.15) is 5.75 Å². The molecule has 1 aromatic heterocycles. The van der Waals surface area contributed by atoms with Crippen LogP contribution < -0.4 is 5.32 Å². The van der Waals surface area contributed by atoms with Gasteiger partial charge in [0.25, 0.3) is 0 Å². The molecule has 2 N–H and O–H groups in total. The van der Waals surface area contributed by atoms with Crippen LogP contribution in [0.4, 0.5) is 0 Å². The molecule has 3 rings (SSSR count). The number of fused-ring (bicyclic) bond motifs is 1. The maximum atomic E-state index is 10.1. The maximum Gasteiger partial charge on any atom is 0.123 e. The Morgan fingerprint density at radius 1 is 1.05 bits per heavy atom. The molecule has 1 heterocycles. The number of phenols is 1. The highest BCUT2D eigenvalue weighted by atomic mass is 32.1. The number of hydrogen-bond donors (Lipinski definition) is 2. The molecule has 0 spiro atoms. The summed E-state index contributed by atoms with van der Waals surface area (Å²) >= 11 is 1.80. The molecule has 0 aliphatic rings. The lowest BCUT2D eigenvalue weighted by molar-refractivity contribution is 0.481. The molecule has 2 nitrogen and oxygen atoms in total. The van der Waals surface area contributed by atoms with Crippen LogP contribution in [-0.4, -0.2) is 18.7 Å². The zero-order chi connectivity index (χ0) is 14.7. The predicted molar refractivity (Wildman–Crippen MR) is 90.3 cm³/mol. The lowest BCUT2D eigenvalue weighted by atomic mass is 9.89. The van der Waals surface area contributed by atoms with E-state index >= 15 is 0 Å². The van der Waals surface area contributed by atoms with Gasteiger partial charge in [-0.05, 0) is 48.5 Å². The van der Waals surface area contributed by atoms with Crippen molar-refractivity contribution in [3.05, 3.63) is 64.4 Å². The molecule has 21 heavy (non-hydrogen) atoms. The second-order valence-electron chi connectivity index (χ2n) is 5.18. The highest BCUT2D eigenvalue weighted by Crippen LogP contribution is 2.37. The van der Waals surface area contributed by atoms with Crippen molar-refractivity contribution in [2.24, 2.45) is 0 Å². The molecule has 108 valence electrons. The van der Waals surface area contributed by atoms with Crippen molar-refractivity contribution >= 4 is 22.1 Å². The quantitative estimate of drug-likeness (QED) is 0.734. The van der Waals surface area contributed by atoms with E-state index in [1.54, 1.807) is 11.3 Å².